The number of nitrogens with one attached hydrogen (secondary N) is 1. The van der Waals surface area contributed by atoms with Crippen molar-refractivity contribution in [2.45, 2.75) is 0 Å². The smallest absolute Gasteiger partial charge is 0.344 e. The molecule has 0 saturated carbocycles. The van der Waals surface area contributed by atoms with E-state index < -0.39 is 30.0 Å². The third-order valence-electron chi connectivity index (χ3n) is 4.30. The molecule has 3 rings (SSSR count). The Bertz CT molecular complexity index is 896. The molecule has 0 aromatic heterocycles. The van der Waals surface area contributed by atoms with Gasteiger partial charge in [-0.3, -0.25) is 14.9 Å². The number of morpholine rings is 1. The van der Waals surface area contributed by atoms with Gasteiger partial charge in [-0.15, -0.1) is 0 Å². The van der Waals surface area contributed by atoms with Gasteiger partial charge < -0.3 is 24.4 Å². The summed E-state index contributed by atoms with van der Waals surface area (Å²) in [4.78, 5) is 36.2. The number of para-hydroxylation sites is 2. The maximum Gasteiger partial charge on any atom is 0.344 e. The second kappa shape index (κ2) is 10.2. The molecule has 0 radical (unpaired) electrons. The number of nitrogens with zero attached hydrogens (tertiary/aromatic N) is 2. The molecule has 0 unspecified atom stereocenters. The van der Waals surface area contributed by atoms with Gasteiger partial charge in [-0.25, -0.2) is 4.79 Å². The zero-order valence-corrected chi connectivity index (χ0v) is 16.1. The highest BCUT2D eigenvalue weighted by Gasteiger charge is 2.16. The molecule has 0 aliphatic carbocycles. The molecule has 10 heteroatoms. The lowest BCUT2D eigenvalue weighted by Crippen LogP contribution is -2.36. The fourth-order valence-corrected chi connectivity index (χ4v) is 2.83. The van der Waals surface area contributed by atoms with Crippen molar-refractivity contribution in [3.05, 3.63) is 58.6 Å². The van der Waals surface area contributed by atoms with E-state index in [1.54, 1.807) is 18.2 Å². The topological polar surface area (TPSA) is 120 Å². The average molecular weight is 415 g/mol. The zero-order chi connectivity index (χ0) is 21.3. The molecule has 2 aromatic carbocycles. The molecular formula is C20H21N3O7. The highest BCUT2D eigenvalue weighted by atomic mass is 16.6. The average Bonchev–Trinajstić information content (AvgIpc) is 2.77. The Labute approximate surface area is 172 Å². The molecule has 2 aromatic rings. The third kappa shape index (κ3) is 5.92. The molecule has 30 heavy (non-hydrogen) atoms. The van der Waals surface area contributed by atoms with Crippen LogP contribution in [0.4, 0.5) is 17.1 Å². The predicted octanol–water partition coefficient (Wildman–Crippen LogP) is 1.99. The zero-order valence-electron chi connectivity index (χ0n) is 16.1. The molecule has 0 atom stereocenters. The molecule has 1 fully saturated rings. The first-order valence-corrected chi connectivity index (χ1v) is 9.27. The Morgan fingerprint density at radius 2 is 1.77 bits per heavy atom. The van der Waals surface area contributed by atoms with Crippen molar-refractivity contribution >= 4 is 28.9 Å². The van der Waals surface area contributed by atoms with Gasteiger partial charge in [0, 0.05) is 30.5 Å². The van der Waals surface area contributed by atoms with Crippen molar-refractivity contribution in [3.8, 4) is 5.75 Å². The maximum atomic E-state index is 12.0. The van der Waals surface area contributed by atoms with Crippen LogP contribution in [0.2, 0.25) is 0 Å². The highest BCUT2D eigenvalue weighted by molar-refractivity contribution is 5.93. The van der Waals surface area contributed by atoms with E-state index in [1.807, 2.05) is 12.1 Å². The molecule has 158 valence electrons. The van der Waals surface area contributed by atoms with Crippen LogP contribution in [0.1, 0.15) is 0 Å². The number of ether oxygens (including phenoxy) is 3. The SMILES string of the molecule is O=C(COC(=O)COc1ccccc1[N+](=O)[O-])Nc1ccc(N2CCOCC2)cc1. The molecular weight excluding hydrogens is 394 g/mol. The lowest BCUT2D eigenvalue weighted by atomic mass is 10.2. The fourth-order valence-electron chi connectivity index (χ4n) is 2.83. The van der Waals surface area contributed by atoms with Crippen LogP contribution in [0.15, 0.2) is 48.5 Å². The van der Waals surface area contributed by atoms with Crippen molar-refractivity contribution in [1.82, 2.24) is 0 Å². The number of amides is 1. The Morgan fingerprint density at radius 1 is 1.07 bits per heavy atom. The van der Waals surface area contributed by atoms with E-state index in [9.17, 15) is 19.7 Å². The minimum Gasteiger partial charge on any atom is -0.475 e. The largest absolute Gasteiger partial charge is 0.475 e. The lowest BCUT2D eigenvalue weighted by molar-refractivity contribution is -0.385. The van der Waals surface area contributed by atoms with E-state index in [2.05, 4.69) is 10.2 Å². The van der Waals surface area contributed by atoms with Crippen LogP contribution in [0.3, 0.4) is 0 Å². The van der Waals surface area contributed by atoms with Gasteiger partial charge in [0.05, 0.1) is 18.1 Å². The molecule has 1 aliphatic rings. The van der Waals surface area contributed by atoms with Gasteiger partial charge >= 0.3 is 11.7 Å². The second-order valence-corrected chi connectivity index (χ2v) is 6.37. The van der Waals surface area contributed by atoms with Crippen LogP contribution in [-0.4, -0.2) is 56.3 Å². The molecule has 1 heterocycles. The predicted molar refractivity (Wildman–Crippen MR) is 108 cm³/mol. The summed E-state index contributed by atoms with van der Waals surface area (Å²) in [6, 6.07) is 13.0. The number of hydrogen-bond acceptors (Lipinski definition) is 8. The van der Waals surface area contributed by atoms with E-state index in [1.165, 1.54) is 18.2 Å². The highest BCUT2D eigenvalue weighted by Crippen LogP contribution is 2.25. The number of nitro benzene ring substituents is 1. The third-order valence-corrected chi connectivity index (χ3v) is 4.30. The number of hydrogen-bond donors (Lipinski definition) is 1. The summed E-state index contributed by atoms with van der Waals surface area (Å²) in [5.74, 6) is -1.37. The number of benzene rings is 2. The normalized spacial score (nSPS) is 13.4. The first-order valence-electron chi connectivity index (χ1n) is 9.27. The standard InChI is InChI=1S/C20H21N3O7/c24-19(21-15-5-7-16(8-6-15)22-9-11-28-12-10-22)13-30-20(25)14-29-18-4-2-1-3-17(18)23(26)27/h1-8H,9-14H2,(H,21,24). The van der Waals surface area contributed by atoms with Gasteiger partial charge in [0.2, 0.25) is 0 Å². The maximum absolute atomic E-state index is 12.0. The van der Waals surface area contributed by atoms with Crippen molar-refractivity contribution < 1.29 is 28.7 Å². The summed E-state index contributed by atoms with van der Waals surface area (Å²) >= 11 is 0. The van der Waals surface area contributed by atoms with Gasteiger partial charge in [-0.1, -0.05) is 12.1 Å². The molecule has 0 spiro atoms. The van der Waals surface area contributed by atoms with Crippen molar-refractivity contribution in [2.75, 3.05) is 49.7 Å². The summed E-state index contributed by atoms with van der Waals surface area (Å²) < 4.78 is 15.3. The molecule has 1 aliphatic heterocycles. The summed E-state index contributed by atoms with van der Waals surface area (Å²) in [5, 5.41) is 13.5. The Morgan fingerprint density at radius 3 is 2.47 bits per heavy atom. The molecule has 1 amide bonds. The number of carbonyl (C=O) groups is 2. The van der Waals surface area contributed by atoms with Gasteiger partial charge in [-0.2, -0.15) is 0 Å². The van der Waals surface area contributed by atoms with E-state index in [-0.39, 0.29) is 11.4 Å². The number of nitro groups is 1. The van der Waals surface area contributed by atoms with E-state index in [0.29, 0.717) is 18.9 Å². The van der Waals surface area contributed by atoms with Gasteiger partial charge in [0.15, 0.2) is 19.0 Å². The first-order chi connectivity index (χ1) is 14.5. The van der Waals surface area contributed by atoms with Crippen LogP contribution in [0.5, 0.6) is 5.75 Å². The van der Waals surface area contributed by atoms with Crippen LogP contribution in [0.25, 0.3) is 0 Å². The van der Waals surface area contributed by atoms with E-state index in [4.69, 9.17) is 14.2 Å². The number of esters is 1. The fraction of sp³-hybridized carbons (Fsp3) is 0.300. The number of carbonyl (C=O) groups excluding carboxylic acids is 2. The summed E-state index contributed by atoms with van der Waals surface area (Å²) in [6.45, 7) is 1.96. The summed E-state index contributed by atoms with van der Waals surface area (Å²) in [7, 11) is 0. The number of anilines is 2. The van der Waals surface area contributed by atoms with Crippen molar-refractivity contribution in [3.63, 3.8) is 0 Å². The monoisotopic (exact) mass is 415 g/mol. The van der Waals surface area contributed by atoms with Crippen LogP contribution >= 0.6 is 0 Å². The Kier molecular flexibility index (Phi) is 7.17. The van der Waals surface area contributed by atoms with Crippen molar-refractivity contribution in [1.29, 1.82) is 0 Å². The van der Waals surface area contributed by atoms with Crippen molar-refractivity contribution in [2.24, 2.45) is 0 Å². The van der Waals surface area contributed by atoms with Crippen LogP contribution in [0, 0.1) is 10.1 Å². The summed E-state index contributed by atoms with van der Waals surface area (Å²) in [6.07, 6.45) is 0. The Balaban J connectivity index is 1.42. The summed E-state index contributed by atoms with van der Waals surface area (Å²) in [5.41, 5.74) is 1.35. The van der Waals surface area contributed by atoms with E-state index in [0.717, 1.165) is 18.8 Å². The second-order valence-electron chi connectivity index (χ2n) is 6.37. The molecule has 0 bridgehead atoms. The number of rotatable bonds is 8. The van der Waals surface area contributed by atoms with Gasteiger partial charge in [0.25, 0.3) is 5.91 Å². The first kappa shape index (κ1) is 21.1. The van der Waals surface area contributed by atoms with Crippen LogP contribution in [-0.2, 0) is 19.1 Å². The van der Waals surface area contributed by atoms with Gasteiger partial charge in [0.1, 0.15) is 0 Å². The molecule has 10 nitrogen and oxygen atoms in total. The lowest BCUT2D eigenvalue weighted by Gasteiger charge is -2.28. The molecule has 1 saturated heterocycles. The quantitative estimate of drug-likeness (QED) is 0.395. The minimum atomic E-state index is -0.814. The Hall–Kier alpha value is -3.66. The molecule has 1 N–H and O–H groups in total. The minimum absolute atomic E-state index is 0.0516. The van der Waals surface area contributed by atoms with E-state index >= 15 is 0 Å². The van der Waals surface area contributed by atoms with Crippen LogP contribution < -0.4 is 15.0 Å². The van der Waals surface area contributed by atoms with Gasteiger partial charge in [-0.05, 0) is 30.3 Å².